The van der Waals surface area contributed by atoms with Gasteiger partial charge in [-0.2, -0.15) is 0 Å². The topological polar surface area (TPSA) is 52.3 Å². The highest BCUT2D eigenvalue weighted by molar-refractivity contribution is 9.10. The second-order valence-corrected chi connectivity index (χ2v) is 4.39. The van der Waals surface area contributed by atoms with E-state index in [0.717, 1.165) is 16.5 Å². The second kappa shape index (κ2) is 5.14. The number of halogens is 1. The molecule has 0 atom stereocenters. The molecule has 0 N–H and O–H groups in total. The van der Waals surface area contributed by atoms with Crippen LogP contribution in [0.25, 0.3) is 0 Å². The molecule has 0 unspecified atom stereocenters. The molecule has 0 aliphatic rings. The van der Waals surface area contributed by atoms with E-state index in [1.165, 1.54) is 0 Å². The fourth-order valence-corrected chi connectivity index (χ4v) is 1.85. The van der Waals surface area contributed by atoms with Gasteiger partial charge in [0.15, 0.2) is 5.76 Å². The molecule has 0 fully saturated rings. The third-order valence-corrected chi connectivity index (χ3v) is 2.76. The molecular weight excluding hydrogens is 286 g/mol. The van der Waals surface area contributed by atoms with Gasteiger partial charge in [-0.3, -0.25) is 4.79 Å². The molecule has 0 radical (unpaired) electrons. The van der Waals surface area contributed by atoms with Crippen molar-refractivity contribution in [1.82, 2.24) is 5.16 Å². The normalized spacial score (nSPS) is 10.2. The summed E-state index contributed by atoms with van der Waals surface area (Å²) in [5, 5.41) is 3.77. The Morgan fingerprint density at radius 1 is 1.47 bits per heavy atom. The van der Waals surface area contributed by atoms with Crippen molar-refractivity contribution < 1.29 is 14.1 Å². The summed E-state index contributed by atoms with van der Waals surface area (Å²) < 4.78 is 11.3. The van der Waals surface area contributed by atoms with E-state index in [4.69, 9.17) is 9.26 Å². The molecule has 17 heavy (non-hydrogen) atoms. The highest BCUT2D eigenvalue weighted by Crippen LogP contribution is 2.26. The van der Waals surface area contributed by atoms with Crippen LogP contribution in [0.15, 0.2) is 33.3 Å². The van der Waals surface area contributed by atoms with Gasteiger partial charge in [0.25, 0.3) is 0 Å². The largest absolute Gasteiger partial charge is 0.484 e. The van der Waals surface area contributed by atoms with Crippen LogP contribution in [0, 0.1) is 6.92 Å². The molecule has 0 aliphatic heterocycles. The monoisotopic (exact) mass is 295 g/mol. The second-order valence-electron chi connectivity index (χ2n) is 3.53. The lowest BCUT2D eigenvalue weighted by Gasteiger charge is -2.06. The van der Waals surface area contributed by atoms with Gasteiger partial charge in [-0.05, 0) is 41.1 Å². The molecular formula is C12H10BrNO3. The zero-order valence-electron chi connectivity index (χ0n) is 9.14. The third kappa shape index (κ3) is 2.94. The highest BCUT2D eigenvalue weighted by Gasteiger charge is 2.05. The van der Waals surface area contributed by atoms with Crippen molar-refractivity contribution >= 4 is 22.2 Å². The first kappa shape index (κ1) is 11.9. The number of benzene rings is 1. The Balaban J connectivity index is 2.06. The molecule has 1 heterocycles. The number of aryl methyl sites for hydroxylation is 1. The van der Waals surface area contributed by atoms with Crippen LogP contribution in [-0.4, -0.2) is 11.4 Å². The van der Waals surface area contributed by atoms with Crippen LogP contribution in [0.5, 0.6) is 5.75 Å². The van der Waals surface area contributed by atoms with Crippen molar-refractivity contribution in [1.29, 1.82) is 0 Å². The van der Waals surface area contributed by atoms with Crippen LogP contribution in [0.3, 0.4) is 0 Å². The van der Waals surface area contributed by atoms with Crippen molar-refractivity contribution in [2.45, 2.75) is 13.5 Å². The summed E-state index contributed by atoms with van der Waals surface area (Å²) in [4.78, 5) is 10.6. The number of hydrogen-bond acceptors (Lipinski definition) is 4. The minimum absolute atomic E-state index is 0.305. The Morgan fingerprint density at radius 3 is 2.88 bits per heavy atom. The maximum absolute atomic E-state index is 10.6. The molecule has 2 rings (SSSR count). The standard InChI is InChI=1S/C12H10BrNO3/c1-8-4-10(17-14-8)7-16-12-3-2-9(6-15)5-11(12)13/h2-6H,7H2,1H3. The summed E-state index contributed by atoms with van der Waals surface area (Å²) in [5.41, 5.74) is 1.42. The molecule has 2 aromatic rings. The smallest absolute Gasteiger partial charge is 0.174 e. The summed E-state index contributed by atoms with van der Waals surface area (Å²) in [6.45, 7) is 2.15. The van der Waals surface area contributed by atoms with Crippen LogP contribution < -0.4 is 4.74 Å². The van der Waals surface area contributed by atoms with Crippen LogP contribution in [0.2, 0.25) is 0 Å². The number of rotatable bonds is 4. The fraction of sp³-hybridized carbons (Fsp3) is 0.167. The first-order chi connectivity index (χ1) is 8.19. The van der Waals surface area contributed by atoms with Gasteiger partial charge in [-0.1, -0.05) is 5.16 Å². The van der Waals surface area contributed by atoms with E-state index in [1.807, 2.05) is 13.0 Å². The van der Waals surface area contributed by atoms with E-state index in [2.05, 4.69) is 21.1 Å². The zero-order chi connectivity index (χ0) is 12.3. The Labute approximate surface area is 107 Å². The summed E-state index contributed by atoms with van der Waals surface area (Å²) in [7, 11) is 0. The molecule has 0 spiro atoms. The first-order valence-corrected chi connectivity index (χ1v) is 5.78. The Morgan fingerprint density at radius 2 is 2.29 bits per heavy atom. The first-order valence-electron chi connectivity index (χ1n) is 4.99. The lowest BCUT2D eigenvalue weighted by atomic mass is 10.2. The molecule has 0 aliphatic carbocycles. The average molecular weight is 296 g/mol. The lowest BCUT2D eigenvalue weighted by molar-refractivity contribution is 0.112. The maximum Gasteiger partial charge on any atom is 0.174 e. The molecule has 4 nitrogen and oxygen atoms in total. The van der Waals surface area contributed by atoms with E-state index < -0.39 is 0 Å². The number of hydrogen-bond donors (Lipinski definition) is 0. The molecule has 0 saturated carbocycles. The minimum Gasteiger partial charge on any atom is -0.484 e. The molecule has 0 bridgehead atoms. The van der Waals surface area contributed by atoms with Crippen LogP contribution in [0.4, 0.5) is 0 Å². The van der Waals surface area contributed by atoms with Crippen molar-refractivity contribution in [2.24, 2.45) is 0 Å². The van der Waals surface area contributed by atoms with Crippen molar-refractivity contribution in [2.75, 3.05) is 0 Å². The van der Waals surface area contributed by atoms with E-state index >= 15 is 0 Å². The average Bonchev–Trinajstić information content (AvgIpc) is 2.73. The van der Waals surface area contributed by atoms with Crippen molar-refractivity contribution in [3.8, 4) is 5.75 Å². The van der Waals surface area contributed by atoms with Gasteiger partial charge in [0.2, 0.25) is 0 Å². The van der Waals surface area contributed by atoms with E-state index in [9.17, 15) is 4.79 Å². The summed E-state index contributed by atoms with van der Waals surface area (Å²) >= 11 is 3.34. The van der Waals surface area contributed by atoms with Gasteiger partial charge >= 0.3 is 0 Å². The predicted octanol–water partition coefficient (Wildman–Crippen LogP) is 3.14. The summed E-state index contributed by atoms with van der Waals surface area (Å²) in [6, 6.07) is 6.94. The number of aromatic nitrogens is 1. The fourth-order valence-electron chi connectivity index (χ4n) is 1.34. The SMILES string of the molecule is Cc1cc(COc2ccc(C=O)cc2Br)on1. The van der Waals surface area contributed by atoms with E-state index in [0.29, 0.717) is 23.7 Å². The van der Waals surface area contributed by atoms with Gasteiger partial charge in [0.05, 0.1) is 10.2 Å². The number of ether oxygens (including phenoxy) is 1. The lowest BCUT2D eigenvalue weighted by Crippen LogP contribution is -1.95. The molecule has 5 heteroatoms. The molecule has 1 aromatic carbocycles. The number of carbonyl (C=O) groups excluding carboxylic acids is 1. The van der Waals surface area contributed by atoms with Gasteiger partial charge in [0, 0.05) is 11.6 Å². The van der Waals surface area contributed by atoms with Crippen LogP contribution in [0.1, 0.15) is 21.8 Å². The number of carbonyl (C=O) groups is 1. The van der Waals surface area contributed by atoms with Crippen LogP contribution >= 0.6 is 15.9 Å². The third-order valence-electron chi connectivity index (χ3n) is 2.14. The Bertz CT molecular complexity index is 536. The summed E-state index contributed by atoms with van der Waals surface area (Å²) in [5.74, 6) is 1.32. The van der Waals surface area contributed by atoms with Crippen molar-refractivity contribution in [3.05, 3.63) is 45.8 Å². The molecule has 0 saturated heterocycles. The highest BCUT2D eigenvalue weighted by atomic mass is 79.9. The Kier molecular flexibility index (Phi) is 3.58. The molecule has 0 amide bonds. The number of aldehydes is 1. The van der Waals surface area contributed by atoms with Crippen LogP contribution in [-0.2, 0) is 6.61 Å². The van der Waals surface area contributed by atoms with E-state index in [1.54, 1.807) is 18.2 Å². The number of nitrogens with zero attached hydrogens (tertiary/aromatic N) is 1. The minimum atomic E-state index is 0.305. The molecule has 1 aromatic heterocycles. The Hall–Kier alpha value is -1.62. The van der Waals surface area contributed by atoms with Gasteiger partial charge in [-0.25, -0.2) is 0 Å². The molecule has 88 valence electrons. The quantitative estimate of drug-likeness (QED) is 0.813. The maximum atomic E-state index is 10.6. The van der Waals surface area contributed by atoms with Gasteiger partial charge in [0.1, 0.15) is 18.6 Å². The van der Waals surface area contributed by atoms with Gasteiger partial charge in [-0.15, -0.1) is 0 Å². The summed E-state index contributed by atoms with van der Waals surface area (Å²) in [6.07, 6.45) is 0.786. The van der Waals surface area contributed by atoms with Gasteiger partial charge < -0.3 is 9.26 Å². The van der Waals surface area contributed by atoms with Crippen molar-refractivity contribution in [3.63, 3.8) is 0 Å². The zero-order valence-corrected chi connectivity index (χ0v) is 10.7. The predicted molar refractivity (Wildman–Crippen MR) is 65.1 cm³/mol. The van der Waals surface area contributed by atoms with E-state index in [-0.39, 0.29) is 0 Å².